The molecule has 10 nitrogen and oxygen atoms in total. The largest absolute Gasteiger partial charge is 0.449 e. The summed E-state index contributed by atoms with van der Waals surface area (Å²) in [5.74, 6) is -1.11. The number of rotatable bonds is 7. The number of alkyl carbamates (subject to hydrolysis) is 1. The maximum Gasteiger partial charge on any atom is 0.407 e. The van der Waals surface area contributed by atoms with Gasteiger partial charge in [-0.25, -0.2) is 9.59 Å². The molecule has 0 unspecified atom stereocenters. The molecule has 1 atom stereocenters. The molecule has 39 heavy (non-hydrogen) atoms. The number of aromatic nitrogens is 3. The third kappa shape index (κ3) is 5.65. The van der Waals surface area contributed by atoms with E-state index in [-0.39, 0.29) is 24.5 Å². The van der Waals surface area contributed by atoms with Crippen LogP contribution in [0.3, 0.4) is 0 Å². The van der Waals surface area contributed by atoms with Gasteiger partial charge < -0.3 is 19.6 Å². The lowest BCUT2D eigenvalue weighted by Gasteiger charge is -2.24. The maximum absolute atomic E-state index is 13.0. The summed E-state index contributed by atoms with van der Waals surface area (Å²) in [5, 5.41) is 10.3. The van der Waals surface area contributed by atoms with Crippen LogP contribution in [0.5, 0.6) is 0 Å². The Kier molecular flexibility index (Phi) is 7.12. The predicted molar refractivity (Wildman–Crippen MR) is 143 cm³/mol. The predicted octanol–water partition coefficient (Wildman–Crippen LogP) is 3.47. The van der Waals surface area contributed by atoms with Crippen molar-refractivity contribution in [3.05, 3.63) is 94.3 Å². The van der Waals surface area contributed by atoms with Gasteiger partial charge in [-0.3, -0.25) is 4.79 Å². The van der Waals surface area contributed by atoms with Crippen LogP contribution in [0.4, 0.5) is 4.79 Å². The van der Waals surface area contributed by atoms with Crippen LogP contribution in [0.15, 0.2) is 77.6 Å². The Bertz CT molecular complexity index is 1550. The molecule has 1 N–H and O–H groups in total. The topological polar surface area (TPSA) is 122 Å². The number of ether oxygens (including phenoxy) is 2. The average Bonchev–Trinajstić information content (AvgIpc) is 3.24. The van der Waals surface area contributed by atoms with Gasteiger partial charge in [-0.1, -0.05) is 60.7 Å². The Morgan fingerprint density at radius 3 is 2.23 bits per heavy atom. The fraction of sp³-hybridized carbons (Fsp3) is 0.276. The number of nitrogens with zero attached hydrogens (tertiary/aromatic N) is 3. The molecule has 10 heteroatoms. The van der Waals surface area contributed by atoms with Crippen molar-refractivity contribution in [3.8, 4) is 11.1 Å². The molecule has 0 bridgehead atoms. The third-order valence-corrected chi connectivity index (χ3v) is 6.32. The molecule has 1 aliphatic rings. The zero-order chi connectivity index (χ0) is 27.6. The number of benzene rings is 3. The fourth-order valence-electron chi connectivity index (χ4n) is 4.47. The smallest absolute Gasteiger partial charge is 0.407 e. The number of nitrogens with one attached hydrogen (secondary N) is 1. The number of hydrogen-bond acceptors (Lipinski definition) is 8. The van der Waals surface area contributed by atoms with Gasteiger partial charge >= 0.3 is 17.6 Å². The van der Waals surface area contributed by atoms with Crippen molar-refractivity contribution in [2.75, 3.05) is 13.2 Å². The first-order valence-corrected chi connectivity index (χ1v) is 12.5. The first kappa shape index (κ1) is 26.1. The van der Waals surface area contributed by atoms with Gasteiger partial charge in [-0.2, -0.15) is 0 Å². The number of fused-ring (bicyclic) bond motifs is 4. The maximum atomic E-state index is 13.0. The third-order valence-electron chi connectivity index (χ3n) is 6.32. The molecule has 3 aromatic carbocycles. The quantitative estimate of drug-likeness (QED) is 0.362. The lowest BCUT2D eigenvalue weighted by atomic mass is 9.98. The monoisotopic (exact) mass is 528 g/mol. The molecule has 0 fully saturated rings. The van der Waals surface area contributed by atoms with E-state index in [1.165, 1.54) is 0 Å². The van der Waals surface area contributed by atoms with E-state index in [0.717, 1.165) is 22.3 Å². The zero-order valence-electron chi connectivity index (χ0n) is 21.8. The molecule has 0 saturated carbocycles. The Balaban J connectivity index is 1.30. The van der Waals surface area contributed by atoms with Gasteiger partial charge in [0, 0.05) is 5.92 Å². The van der Waals surface area contributed by atoms with E-state index in [0.29, 0.717) is 10.4 Å². The summed E-state index contributed by atoms with van der Waals surface area (Å²) in [6.45, 7) is 5.27. The van der Waals surface area contributed by atoms with Crippen LogP contribution in [0.2, 0.25) is 0 Å². The van der Waals surface area contributed by atoms with Crippen molar-refractivity contribution >= 4 is 23.0 Å². The van der Waals surface area contributed by atoms with Gasteiger partial charge in [-0.05, 0) is 65.2 Å². The molecule has 1 aromatic heterocycles. The summed E-state index contributed by atoms with van der Waals surface area (Å²) in [7, 11) is 0. The van der Waals surface area contributed by atoms with Crippen LogP contribution < -0.4 is 15.7 Å². The molecule has 1 amide bonds. The highest BCUT2D eigenvalue weighted by molar-refractivity contribution is 5.82. The van der Waals surface area contributed by atoms with Crippen LogP contribution in [-0.4, -0.2) is 52.1 Å². The summed E-state index contributed by atoms with van der Waals surface area (Å²) in [6, 6.07) is 21.2. The van der Waals surface area contributed by atoms with Gasteiger partial charge in [-0.15, -0.1) is 5.10 Å². The fourth-order valence-corrected chi connectivity index (χ4v) is 4.47. The molecule has 1 heterocycles. The van der Waals surface area contributed by atoms with E-state index in [1.807, 2.05) is 69.3 Å². The highest BCUT2D eigenvalue weighted by Gasteiger charge is 2.31. The van der Waals surface area contributed by atoms with Gasteiger partial charge in [0.25, 0.3) is 0 Å². The van der Waals surface area contributed by atoms with Gasteiger partial charge in [0.15, 0.2) is 6.04 Å². The van der Waals surface area contributed by atoms with Crippen LogP contribution >= 0.6 is 0 Å². The number of hydrogen-bond donors (Lipinski definition) is 1. The Labute approximate surface area is 224 Å². The van der Waals surface area contributed by atoms with Crippen molar-refractivity contribution in [1.82, 2.24) is 20.5 Å². The molecule has 5 rings (SSSR count). The second-order valence-corrected chi connectivity index (χ2v) is 10.1. The van der Waals surface area contributed by atoms with E-state index >= 15 is 0 Å². The van der Waals surface area contributed by atoms with Crippen molar-refractivity contribution in [3.63, 3.8) is 0 Å². The lowest BCUT2D eigenvalue weighted by molar-refractivity contribution is -0.152. The first-order valence-electron chi connectivity index (χ1n) is 12.5. The van der Waals surface area contributed by atoms with Crippen LogP contribution in [0.25, 0.3) is 22.0 Å². The van der Waals surface area contributed by atoms with Crippen molar-refractivity contribution in [2.24, 2.45) is 0 Å². The van der Waals surface area contributed by atoms with Gasteiger partial charge in [0.2, 0.25) is 0 Å². The molecule has 0 saturated heterocycles. The van der Waals surface area contributed by atoms with Gasteiger partial charge in [0.1, 0.15) is 12.1 Å². The van der Waals surface area contributed by atoms with Crippen molar-refractivity contribution in [1.29, 1.82) is 0 Å². The second kappa shape index (κ2) is 10.7. The summed E-state index contributed by atoms with van der Waals surface area (Å²) in [6.07, 6.45) is -0.826. The summed E-state index contributed by atoms with van der Waals surface area (Å²) in [5.41, 5.74) is 3.42. The molecule has 0 radical (unpaired) electrons. The first-order chi connectivity index (χ1) is 18.7. The van der Waals surface area contributed by atoms with E-state index in [9.17, 15) is 14.4 Å². The molecular weight excluding hydrogens is 500 g/mol. The number of carbonyl (C=O) groups is 2. The van der Waals surface area contributed by atoms with Crippen LogP contribution in [-0.2, 0) is 14.3 Å². The SMILES string of the molecule is CC(C)(C)OC[C@H](NC(=O)OCC1c2ccccc2-c2ccccc21)C(=O)On1nnc2ccccc2c1=O. The number of amides is 1. The minimum atomic E-state index is -1.28. The highest BCUT2D eigenvalue weighted by atomic mass is 16.7. The van der Waals surface area contributed by atoms with Gasteiger partial charge in [0.05, 0.1) is 17.6 Å². The minimum absolute atomic E-state index is 0.0668. The Morgan fingerprint density at radius 1 is 0.949 bits per heavy atom. The summed E-state index contributed by atoms with van der Waals surface area (Å²) >= 11 is 0. The summed E-state index contributed by atoms with van der Waals surface area (Å²) < 4.78 is 11.3. The second-order valence-electron chi connectivity index (χ2n) is 10.1. The molecule has 4 aromatic rings. The highest BCUT2D eigenvalue weighted by Crippen LogP contribution is 2.44. The van der Waals surface area contributed by atoms with Crippen molar-refractivity contribution in [2.45, 2.75) is 38.3 Å². The molecule has 0 spiro atoms. The van der Waals surface area contributed by atoms with E-state index in [4.69, 9.17) is 14.3 Å². The number of carbonyl (C=O) groups excluding carboxylic acids is 2. The molecular formula is C29H28N4O6. The molecule has 0 aliphatic heterocycles. The summed E-state index contributed by atoms with van der Waals surface area (Å²) in [4.78, 5) is 44.3. The minimum Gasteiger partial charge on any atom is -0.449 e. The molecule has 200 valence electrons. The van der Waals surface area contributed by atoms with Crippen LogP contribution in [0, 0.1) is 0 Å². The zero-order valence-corrected chi connectivity index (χ0v) is 21.8. The Hall–Kier alpha value is -4.57. The Morgan fingerprint density at radius 2 is 1.56 bits per heavy atom. The van der Waals surface area contributed by atoms with Crippen molar-refractivity contribution < 1.29 is 23.9 Å². The standard InChI is InChI=1S/C29H28N4O6/c1-29(2,3)38-17-25(27(35)39-33-26(34)22-14-8-9-15-24(22)31-32-33)30-28(36)37-16-23-20-12-6-4-10-18(20)19-11-5-7-13-21(19)23/h4-15,23,25H,16-17H2,1-3H3,(H,30,36)/t25-/m0/s1. The average molecular weight is 529 g/mol. The van der Waals surface area contributed by atoms with E-state index in [1.54, 1.807) is 24.3 Å². The van der Waals surface area contributed by atoms with E-state index in [2.05, 4.69) is 15.6 Å². The molecule has 1 aliphatic carbocycles. The van der Waals surface area contributed by atoms with E-state index < -0.39 is 29.3 Å². The normalized spacial score (nSPS) is 13.4. The lowest BCUT2D eigenvalue weighted by Crippen LogP contribution is -2.50. The van der Waals surface area contributed by atoms with Crippen LogP contribution in [0.1, 0.15) is 37.8 Å².